The molecule has 2 rings (SSSR count). The summed E-state index contributed by atoms with van der Waals surface area (Å²) in [6.07, 6.45) is 1.80. The molecule has 0 spiro atoms. The lowest BCUT2D eigenvalue weighted by atomic mass is 10.3. The topological polar surface area (TPSA) is 12.4 Å². The van der Waals surface area contributed by atoms with Crippen molar-refractivity contribution in [3.8, 4) is 0 Å². The van der Waals surface area contributed by atoms with Gasteiger partial charge in [-0.15, -0.1) is 11.8 Å². The number of rotatable bonds is 0. The zero-order valence-electron chi connectivity index (χ0n) is 5.75. The van der Waals surface area contributed by atoms with Crippen LogP contribution in [0, 0.1) is 5.82 Å². The monoisotopic (exact) mass is 167 g/mol. The van der Waals surface area contributed by atoms with Crippen molar-refractivity contribution in [1.82, 2.24) is 0 Å². The first-order valence-electron chi connectivity index (χ1n) is 3.31. The summed E-state index contributed by atoms with van der Waals surface area (Å²) in [6, 6.07) is 4.69. The molecule has 1 aliphatic rings. The number of aliphatic imine (C=N–C) groups is 1. The summed E-state index contributed by atoms with van der Waals surface area (Å²) >= 11 is 1.68. The first kappa shape index (κ1) is 6.85. The highest BCUT2D eigenvalue weighted by Crippen LogP contribution is 2.32. The molecule has 11 heavy (non-hydrogen) atoms. The van der Waals surface area contributed by atoms with Crippen LogP contribution in [0.15, 0.2) is 28.1 Å². The number of benzene rings is 1. The summed E-state index contributed by atoms with van der Waals surface area (Å²) in [4.78, 5) is 5.13. The van der Waals surface area contributed by atoms with Crippen LogP contribution in [0.3, 0.4) is 0 Å². The molecule has 0 aromatic heterocycles. The molecule has 0 N–H and O–H groups in total. The molecular weight excluding hydrogens is 161 g/mol. The van der Waals surface area contributed by atoms with Gasteiger partial charge in [-0.25, -0.2) is 4.39 Å². The van der Waals surface area contributed by atoms with Gasteiger partial charge in [-0.3, -0.25) is 4.99 Å². The van der Waals surface area contributed by atoms with Crippen LogP contribution in [-0.2, 0) is 0 Å². The Labute approximate surface area is 68.3 Å². The molecule has 0 atom stereocenters. The molecule has 56 valence electrons. The smallest absolute Gasteiger partial charge is 0.125 e. The van der Waals surface area contributed by atoms with Gasteiger partial charge in [0.15, 0.2) is 0 Å². The largest absolute Gasteiger partial charge is 0.259 e. The van der Waals surface area contributed by atoms with Crippen LogP contribution < -0.4 is 0 Å². The molecule has 0 aliphatic carbocycles. The second-order valence-electron chi connectivity index (χ2n) is 2.23. The van der Waals surface area contributed by atoms with Crippen LogP contribution in [0.5, 0.6) is 0 Å². The summed E-state index contributed by atoms with van der Waals surface area (Å²) in [6.45, 7) is 0. The SMILES string of the molecule is Fc1ccc2c(c1)N=CCS2. The van der Waals surface area contributed by atoms with Gasteiger partial charge in [-0.2, -0.15) is 0 Å². The van der Waals surface area contributed by atoms with Gasteiger partial charge in [-0.05, 0) is 12.1 Å². The van der Waals surface area contributed by atoms with Crippen molar-refractivity contribution in [3.63, 3.8) is 0 Å². The van der Waals surface area contributed by atoms with E-state index >= 15 is 0 Å². The first-order chi connectivity index (χ1) is 5.36. The molecule has 0 unspecified atom stereocenters. The quantitative estimate of drug-likeness (QED) is 0.578. The lowest BCUT2D eigenvalue weighted by Crippen LogP contribution is -1.88. The maximum Gasteiger partial charge on any atom is 0.125 e. The van der Waals surface area contributed by atoms with Crippen LogP contribution in [0.25, 0.3) is 0 Å². The van der Waals surface area contributed by atoms with Crippen molar-refractivity contribution < 1.29 is 4.39 Å². The van der Waals surface area contributed by atoms with Crippen molar-refractivity contribution >= 4 is 23.7 Å². The number of thioether (sulfide) groups is 1. The molecule has 1 aromatic carbocycles. The van der Waals surface area contributed by atoms with Gasteiger partial charge < -0.3 is 0 Å². The highest BCUT2D eigenvalue weighted by atomic mass is 32.2. The van der Waals surface area contributed by atoms with Crippen molar-refractivity contribution in [2.75, 3.05) is 5.75 Å². The minimum absolute atomic E-state index is 0.219. The minimum Gasteiger partial charge on any atom is -0.259 e. The van der Waals surface area contributed by atoms with Crippen LogP contribution in [0.4, 0.5) is 10.1 Å². The predicted molar refractivity (Wildman–Crippen MR) is 45.3 cm³/mol. The van der Waals surface area contributed by atoms with E-state index in [0.717, 1.165) is 16.3 Å². The number of halogens is 1. The lowest BCUT2D eigenvalue weighted by Gasteiger charge is -2.07. The van der Waals surface area contributed by atoms with Gasteiger partial charge in [-0.1, -0.05) is 0 Å². The van der Waals surface area contributed by atoms with Crippen molar-refractivity contribution in [1.29, 1.82) is 0 Å². The first-order valence-corrected chi connectivity index (χ1v) is 4.30. The molecule has 0 saturated heterocycles. The van der Waals surface area contributed by atoms with Crippen LogP contribution >= 0.6 is 11.8 Å². The Morgan fingerprint density at radius 3 is 3.27 bits per heavy atom. The molecule has 1 aliphatic heterocycles. The van der Waals surface area contributed by atoms with Crippen LogP contribution in [0.1, 0.15) is 0 Å². The van der Waals surface area contributed by atoms with Gasteiger partial charge in [0.25, 0.3) is 0 Å². The molecule has 1 nitrogen and oxygen atoms in total. The molecule has 3 heteroatoms. The summed E-state index contributed by atoms with van der Waals surface area (Å²) in [5, 5.41) is 0. The van der Waals surface area contributed by atoms with E-state index in [9.17, 15) is 4.39 Å². The fourth-order valence-corrected chi connectivity index (χ4v) is 1.73. The molecular formula is C8H6FNS. The third-order valence-corrected chi connectivity index (χ3v) is 2.44. The van der Waals surface area contributed by atoms with Crippen molar-refractivity contribution in [2.45, 2.75) is 4.90 Å². The summed E-state index contributed by atoms with van der Waals surface area (Å²) in [5.74, 6) is 0.668. The second-order valence-corrected chi connectivity index (χ2v) is 3.30. The standard InChI is InChI=1S/C8H6FNS/c9-6-1-2-8-7(5-6)10-3-4-11-8/h1-3,5H,4H2. The van der Waals surface area contributed by atoms with E-state index in [0.29, 0.717) is 0 Å². The summed E-state index contributed by atoms with van der Waals surface area (Å²) < 4.78 is 12.6. The number of hydrogen-bond acceptors (Lipinski definition) is 2. The number of fused-ring (bicyclic) bond motifs is 1. The van der Waals surface area contributed by atoms with Crippen LogP contribution in [0.2, 0.25) is 0 Å². The highest BCUT2D eigenvalue weighted by molar-refractivity contribution is 8.00. The third-order valence-electron chi connectivity index (χ3n) is 1.46. The van der Waals surface area contributed by atoms with Gasteiger partial charge >= 0.3 is 0 Å². The zero-order chi connectivity index (χ0) is 7.68. The van der Waals surface area contributed by atoms with E-state index in [1.807, 2.05) is 0 Å². The Kier molecular flexibility index (Phi) is 1.66. The predicted octanol–water partition coefficient (Wildman–Crippen LogP) is 2.63. The fraction of sp³-hybridized carbons (Fsp3) is 0.125. The lowest BCUT2D eigenvalue weighted by molar-refractivity contribution is 0.627. The molecule has 1 aromatic rings. The molecule has 0 fully saturated rings. The minimum atomic E-state index is -0.219. The highest BCUT2D eigenvalue weighted by Gasteiger charge is 2.05. The van der Waals surface area contributed by atoms with Gasteiger partial charge in [0.2, 0.25) is 0 Å². The Morgan fingerprint density at radius 2 is 2.36 bits per heavy atom. The van der Waals surface area contributed by atoms with E-state index in [1.165, 1.54) is 12.1 Å². The molecule has 1 heterocycles. The molecule has 0 saturated carbocycles. The molecule has 0 bridgehead atoms. The maximum absolute atomic E-state index is 12.6. The fourth-order valence-electron chi connectivity index (χ4n) is 0.976. The third kappa shape index (κ3) is 1.28. The number of hydrogen-bond donors (Lipinski definition) is 0. The van der Waals surface area contributed by atoms with E-state index in [4.69, 9.17) is 0 Å². The molecule has 0 amide bonds. The van der Waals surface area contributed by atoms with Crippen molar-refractivity contribution in [2.24, 2.45) is 4.99 Å². The van der Waals surface area contributed by atoms with Crippen LogP contribution in [-0.4, -0.2) is 12.0 Å². The normalized spacial score (nSPS) is 14.6. The average molecular weight is 167 g/mol. The Hall–Kier alpha value is -0.830. The average Bonchev–Trinajstić information content (AvgIpc) is 2.04. The second kappa shape index (κ2) is 2.66. The summed E-state index contributed by atoms with van der Waals surface area (Å²) in [7, 11) is 0. The van der Waals surface area contributed by atoms with Gasteiger partial charge in [0.05, 0.1) is 5.69 Å². The van der Waals surface area contributed by atoms with E-state index < -0.39 is 0 Å². The van der Waals surface area contributed by atoms with Gasteiger partial charge in [0, 0.05) is 22.9 Å². The maximum atomic E-state index is 12.6. The van der Waals surface area contributed by atoms with Gasteiger partial charge in [0.1, 0.15) is 5.82 Å². The Bertz CT molecular complexity index is 309. The number of nitrogens with zero attached hydrogens (tertiary/aromatic N) is 1. The van der Waals surface area contributed by atoms with E-state index in [1.54, 1.807) is 24.0 Å². The van der Waals surface area contributed by atoms with Crippen molar-refractivity contribution in [3.05, 3.63) is 24.0 Å². The van der Waals surface area contributed by atoms with E-state index in [2.05, 4.69) is 4.99 Å². The Morgan fingerprint density at radius 1 is 1.45 bits per heavy atom. The Balaban J connectivity index is 2.54. The zero-order valence-corrected chi connectivity index (χ0v) is 6.57. The molecule has 0 radical (unpaired) electrons. The summed E-state index contributed by atoms with van der Waals surface area (Å²) in [5.41, 5.74) is 0.751. The van der Waals surface area contributed by atoms with E-state index in [-0.39, 0.29) is 5.82 Å².